The van der Waals surface area contributed by atoms with Gasteiger partial charge in [-0.25, -0.2) is 13.1 Å². The van der Waals surface area contributed by atoms with Gasteiger partial charge in [-0.3, -0.25) is 4.79 Å². The summed E-state index contributed by atoms with van der Waals surface area (Å²) in [4.78, 5) is 10.9. The Bertz CT molecular complexity index is 374. The van der Waals surface area contributed by atoms with Gasteiger partial charge in [0.2, 0.25) is 10.0 Å². The molecular weight excluding hydrogens is 246 g/mol. The van der Waals surface area contributed by atoms with Gasteiger partial charge < -0.3 is 9.84 Å². The highest BCUT2D eigenvalue weighted by molar-refractivity contribution is 7.91. The quantitative estimate of drug-likeness (QED) is 0.660. The number of carboxylic acid groups (broad SMARTS) is 1. The van der Waals surface area contributed by atoms with Gasteiger partial charge in [0.15, 0.2) is 0 Å². The van der Waals surface area contributed by atoms with Gasteiger partial charge in [0.25, 0.3) is 0 Å². The molecule has 0 aromatic rings. The Morgan fingerprint density at radius 3 is 2.47 bits per heavy atom. The Kier molecular flexibility index (Phi) is 4.51. The van der Waals surface area contributed by atoms with Crippen LogP contribution in [0.1, 0.15) is 32.6 Å². The van der Waals surface area contributed by atoms with Crippen molar-refractivity contribution in [3.63, 3.8) is 0 Å². The number of rotatable bonds is 8. The molecule has 1 rings (SSSR count). The predicted molar refractivity (Wildman–Crippen MR) is 62.2 cm³/mol. The third kappa shape index (κ3) is 3.17. The fraction of sp³-hybridized carbons (Fsp3) is 0.900. The van der Waals surface area contributed by atoms with Crippen LogP contribution in [0.2, 0.25) is 0 Å². The molecule has 1 saturated carbocycles. The molecule has 0 aromatic carbocycles. The van der Waals surface area contributed by atoms with Crippen LogP contribution in [0, 0.1) is 0 Å². The van der Waals surface area contributed by atoms with Crippen molar-refractivity contribution in [3.05, 3.63) is 0 Å². The van der Waals surface area contributed by atoms with E-state index in [0.717, 1.165) is 0 Å². The molecule has 0 aromatic heterocycles. The lowest BCUT2D eigenvalue weighted by Crippen LogP contribution is -2.47. The van der Waals surface area contributed by atoms with Crippen LogP contribution in [0.5, 0.6) is 0 Å². The standard InChI is InChI=1S/C10H19NO5S/c1-3-4-8(9(12)13)11-17(14,15)10(5-6-10)7-16-2/h8,11H,3-7H2,1-2H3,(H,12,13). The molecule has 1 aliphatic rings. The van der Waals surface area contributed by atoms with E-state index in [-0.39, 0.29) is 13.0 Å². The molecule has 17 heavy (non-hydrogen) atoms. The van der Waals surface area contributed by atoms with Gasteiger partial charge in [0.1, 0.15) is 10.8 Å². The van der Waals surface area contributed by atoms with Crippen molar-refractivity contribution < 1.29 is 23.1 Å². The van der Waals surface area contributed by atoms with E-state index in [9.17, 15) is 13.2 Å². The van der Waals surface area contributed by atoms with Gasteiger partial charge in [-0.15, -0.1) is 0 Å². The average Bonchev–Trinajstić information content (AvgIpc) is 2.99. The molecule has 7 heteroatoms. The smallest absolute Gasteiger partial charge is 0.321 e. The number of hydrogen-bond acceptors (Lipinski definition) is 4. The summed E-state index contributed by atoms with van der Waals surface area (Å²) in [5, 5.41) is 8.93. The van der Waals surface area contributed by atoms with E-state index in [1.165, 1.54) is 7.11 Å². The summed E-state index contributed by atoms with van der Waals surface area (Å²) in [6, 6.07) is -1.04. The maximum absolute atomic E-state index is 12.0. The zero-order valence-corrected chi connectivity index (χ0v) is 10.9. The molecule has 1 fully saturated rings. The van der Waals surface area contributed by atoms with E-state index < -0.39 is 26.8 Å². The topological polar surface area (TPSA) is 92.7 Å². The van der Waals surface area contributed by atoms with Crippen molar-refractivity contribution in [2.24, 2.45) is 0 Å². The zero-order chi connectivity index (χ0) is 13.1. The summed E-state index contributed by atoms with van der Waals surface area (Å²) in [6.45, 7) is 1.92. The van der Waals surface area contributed by atoms with Crippen LogP contribution in [0.4, 0.5) is 0 Å². The van der Waals surface area contributed by atoms with Crippen molar-refractivity contribution in [1.82, 2.24) is 4.72 Å². The Hall–Kier alpha value is -0.660. The first-order valence-electron chi connectivity index (χ1n) is 5.62. The highest BCUT2D eigenvalue weighted by Crippen LogP contribution is 2.43. The average molecular weight is 265 g/mol. The molecule has 0 spiro atoms. The van der Waals surface area contributed by atoms with Crippen LogP contribution in [-0.2, 0) is 19.6 Å². The number of methoxy groups -OCH3 is 1. The Morgan fingerprint density at radius 2 is 2.12 bits per heavy atom. The molecule has 0 bridgehead atoms. The van der Waals surface area contributed by atoms with Crippen LogP contribution < -0.4 is 4.72 Å². The third-order valence-electron chi connectivity index (χ3n) is 2.96. The Labute approximate surface area is 101 Å². The van der Waals surface area contributed by atoms with E-state index in [1.54, 1.807) is 0 Å². The summed E-state index contributed by atoms with van der Waals surface area (Å²) in [5.41, 5.74) is 0. The second kappa shape index (κ2) is 5.32. The maximum atomic E-state index is 12.0. The largest absolute Gasteiger partial charge is 0.480 e. The molecule has 0 aliphatic heterocycles. The second-order valence-electron chi connectivity index (χ2n) is 4.42. The maximum Gasteiger partial charge on any atom is 0.321 e. The molecule has 1 atom stereocenters. The minimum atomic E-state index is -3.63. The molecule has 6 nitrogen and oxygen atoms in total. The summed E-state index contributed by atoms with van der Waals surface area (Å²) in [5.74, 6) is -1.14. The third-order valence-corrected chi connectivity index (χ3v) is 5.22. The number of carboxylic acids is 1. The summed E-state index contributed by atoms with van der Waals surface area (Å²) >= 11 is 0. The van der Waals surface area contributed by atoms with Gasteiger partial charge in [0.05, 0.1) is 6.61 Å². The number of carbonyl (C=O) groups is 1. The highest BCUT2D eigenvalue weighted by atomic mass is 32.2. The zero-order valence-electron chi connectivity index (χ0n) is 10.1. The van der Waals surface area contributed by atoms with E-state index >= 15 is 0 Å². The first-order valence-corrected chi connectivity index (χ1v) is 7.10. The van der Waals surface area contributed by atoms with E-state index in [1.807, 2.05) is 6.92 Å². The van der Waals surface area contributed by atoms with Crippen molar-refractivity contribution in [3.8, 4) is 0 Å². The van der Waals surface area contributed by atoms with E-state index in [2.05, 4.69) is 4.72 Å². The van der Waals surface area contributed by atoms with Crippen LogP contribution in [0.15, 0.2) is 0 Å². The lowest BCUT2D eigenvalue weighted by atomic mass is 10.2. The number of ether oxygens (including phenoxy) is 1. The fourth-order valence-electron chi connectivity index (χ4n) is 1.73. The normalized spacial score (nSPS) is 19.9. The second-order valence-corrected chi connectivity index (χ2v) is 6.53. The first-order chi connectivity index (χ1) is 7.88. The lowest BCUT2D eigenvalue weighted by Gasteiger charge is -2.19. The van der Waals surface area contributed by atoms with Crippen LogP contribution in [-0.4, -0.2) is 44.0 Å². The van der Waals surface area contributed by atoms with Crippen molar-refractivity contribution in [1.29, 1.82) is 0 Å². The molecule has 1 unspecified atom stereocenters. The number of nitrogens with one attached hydrogen (secondary N) is 1. The van der Waals surface area contributed by atoms with Gasteiger partial charge in [-0.05, 0) is 19.3 Å². The van der Waals surface area contributed by atoms with E-state index in [0.29, 0.717) is 19.3 Å². The lowest BCUT2D eigenvalue weighted by molar-refractivity contribution is -0.139. The van der Waals surface area contributed by atoms with Crippen LogP contribution >= 0.6 is 0 Å². The monoisotopic (exact) mass is 265 g/mol. The van der Waals surface area contributed by atoms with Crippen molar-refractivity contribution in [2.45, 2.75) is 43.4 Å². The molecule has 1 aliphatic carbocycles. The van der Waals surface area contributed by atoms with Gasteiger partial charge >= 0.3 is 5.97 Å². The highest BCUT2D eigenvalue weighted by Gasteiger charge is 2.55. The van der Waals surface area contributed by atoms with Gasteiger partial charge in [0, 0.05) is 7.11 Å². The summed E-state index contributed by atoms with van der Waals surface area (Å²) in [6.07, 6.45) is 1.94. The SMILES string of the molecule is CCCC(NS(=O)(=O)C1(COC)CC1)C(=O)O. The van der Waals surface area contributed by atoms with Gasteiger partial charge in [-0.1, -0.05) is 13.3 Å². The molecule has 0 saturated heterocycles. The number of hydrogen-bond donors (Lipinski definition) is 2. The van der Waals surface area contributed by atoms with Crippen molar-refractivity contribution in [2.75, 3.05) is 13.7 Å². The number of sulfonamides is 1. The molecule has 0 amide bonds. The molecule has 2 N–H and O–H groups in total. The molecular formula is C10H19NO5S. The van der Waals surface area contributed by atoms with Gasteiger partial charge in [-0.2, -0.15) is 0 Å². The number of aliphatic carboxylic acids is 1. The fourth-order valence-corrected chi connectivity index (χ4v) is 3.48. The Morgan fingerprint density at radius 1 is 1.53 bits per heavy atom. The first kappa shape index (κ1) is 14.4. The predicted octanol–water partition coefficient (Wildman–Crippen LogP) is 0.338. The molecule has 0 radical (unpaired) electrons. The summed E-state index contributed by atoms with van der Waals surface area (Å²) in [7, 11) is -2.19. The minimum Gasteiger partial charge on any atom is -0.480 e. The molecule has 0 heterocycles. The summed E-state index contributed by atoms with van der Waals surface area (Å²) < 4.78 is 30.3. The Balaban J connectivity index is 2.74. The van der Waals surface area contributed by atoms with Crippen LogP contribution in [0.25, 0.3) is 0 Å². The molecule has 100 valence electrons. The van der Waals surface area contributed by atoms with Crippen molar-refractivity contribution >= 4 is 16.0 Å². The van der Waals surface area contributed by atoms with Crippen LogP contribution in [0.3, 0.4) is 0 Å². The van der Waals surface area contributed by atoms with E-state index in [4.69, 9.17) is 9.84 Å². The minimum absolute atomic E-state index is 0.112.